The molecule has 142 valence electrons. The van der Waals surface area contributed by atoms with Gasteiger partial charge in [-0.15, -0.1) is 0 Å². The molecule has 0 radical (unpaired) electrons. The van der Waals surface area contributed by atoms with E-state index in [1.54, 1.807) is 12.4 Å². The Morgan fingerprint density at radius 2 is 1.86 bits per heavy atom. The first-order chi connectivity index (χ1) is 13.8. The number of benzene rings is 1. The van der Waals surface area contributed by atoms with Crippen molar-refractivity contribution >= 4 is 22.8 Å². The Hall–Kier alpha value is -3.48. The normalized spacial score (nSPS) is 10.9. The van der Waals surface area contributed by atoms with Crippen molar-refractivity contribution in [3.05, 3.63) is 66.7 Å². The molecule has 1 N–H and O–H groups in total. The van der Waals surface area contributed by atoms with Gasteiger partial charge < -0.3 is 10.1 Å². The summed E-state index contributed by atoms with van der Waals surface area (Å²) in [4.78, 5) is 17.6. The number of ether oxygens (including phenoxy) is 1. The second kappa shape index (κ2) is 8.47. The lowest BCUT2D eigenvalue weighted by Gasteiger charge is -2.09. The number of anilines is 2. The van der Waals surface area contributed by atoms with Gasteiger partial charge in [0.05, 0.1) is 0 Å². The van der Waals surface area contributed by atoms with E-state index in [9.17, 15) is 0 Å². The largest absolute Gasteiger partial charge is 0.471 e. The summed E-state index contributed by atoms with van der Waals surface area (Å²) in [7, 11) is 0. The van der Waals surface area contributed by atoms with Crippen LogP contribution in [-0.2, 0) is 13.2 Å². The molecule has 7 nitrogen and oxygen atoms in total. The number of unbranched alkanes of at least 4 members (excludes halogenated alkanes) is 1. The molecule has 7 heteroatoms. The minimum absolute atomic E-state index is 0.401. The van der Waals surface area contributed by atoms with E-state index in [4.69, 9.17) is 9.72 Å². The van der Waals surface area contributed by atoms with Gasteiger partial charge in [0.1, 0.15) is 12.9 Å². The fourth-order valence-electron chi connectivity index (χ4n) is 2.93. The van der Waals surface area contributed by atoms with E-state index < -0.39 is 0 Å². The van der Waals surface area contributed by atoms with Crippen LogP contribution >= 0.6 is 0 Å². The summed E-state index contributed by atoms with van der Waals surface area (Å²) in [5.74, 6) is 1.22. The zero-order chi connectivity index (χ0) is 19.2. The van der Waals surface area contributed by atoms with Gasteiger partial charge in [-0.25, -0.2) is 9.97 Å². The van der Waals surface area contributed by atoms with E-state index >= 15 is 0 Å². The van der Waals surface area contributed by atoms with E-state index in [0.717, 1.165) is 42.2 Å². The third-order valence-corrected chi connectivity index (χ3v) is 4.39. The number of pyridine rings is 1. The Bertz CT molecular complexity index is 1030. The number of hydrogen-bond donors (Lipinski definition) is 1. The number of aromatic nitrogens is 5. The van der Waals surface area contributed by atoms with Crippen molar-refractivity contribution in [3.63, 3.8) is 0 Å². The number of aryl methyl sites for hydroxylation is 1. The molecule has 0 spiro atoms. The van der Waals surface area contributed by atoms with Gasteiger partial charge in [-0.3, -0.25) is 9.55 Å². The molecule has 0 saturated carbocycles. The van der Waals surface area contributed by atoms with Crippen LogP contribution in [0.5, 0.6) is 5.88 Å². The summed E-state index contributed by atoms with van der Waals surface area (Å²) < 4.78 is 8.04. The van der Waals surface area contributed by atoms with Gasteiger partial charge in [-0.1, -0.05) is 31.5 Å². The van der Waals surface area contributed by atoms with Gasteiger partial charge in [0.2, 0.25) is 11.8 Å². The van der Waals surface area contributed by atoms with Gasteiger partial charge >= 0.3 is 0 Å². The van der Waals surface area contributed by atoms with Crippen LogP contribution in [0.2, 0.25) is 0 Å². The molecule has 0 aliphatic rings. The number of nitrogens with one attached hydrogen (secondary N) is 1. The summed E-state index contributed by atoms with van der Waals surface area (Å²) >= 11 is 0. The molecule has 0 aliphatic heterocycles. The first-order valence-corrected chi connectivity index (χ1v) is 9.40. The van der Waals surface area contributed by atoms with Crippen LogP contribution in [0, 0.1) is 0 Å². The van der Waals surface area contributed by atoms with Crippen LogP contribution in [0.4, 0.5) is 11.6 Å². The molecule has 3 aromatic heterocycles. The van der Waals surface area contributed by atoms with Crippen LogP contribution in [0.15, 0.2) is 61.2 Å². The highest BCUT2D eigenvalue weighted by atomic mass is 16.5. The number of fused-ring (bicyclic) bond motifs is 1. The predicted molar refractivity (Wildman–Crippen MR) is 109 cm³/mol. The molecule has 1 aromatic carbocycles. The summed E-state index contributed by atoms with van der Waals surface area (Å²) in [5, 5.41) is 3.39. The second-order valence-corrected chi connectivity index (χ2v) is 6.43. The van der Waals surface area contributed by atoms with Crippen LogP contribution in [0.1, 0.15) is 25.3 Å². The molecule has 0 unspecified atom stereocenters. The standard InChI is InChI=1S/C21H22N6O/c1-2-3-13-27-19-18(26-21(27)25-17-7-5-4-6-8-17)20(24-15-23-19)28-14-16-9-11-22-12-10-16/h4-12,15H,2-3,13-14H2,1H3,(H,25,26). The number of hydrogen-bond acceptors (Lipinski definition) is 6. The molecule has 0 amide bonds. The minimum Gasteiger partial charge on any atom is -0.471 e. The maximum absolute atomic E-state index is 5.95. The quantitative estimate of drug-likeness (QED) is 0.494. The van der Waals surface area contributed by atoms with Crippen molar-refractivity contribution in [2.75, 3.05) is 5.32 Å². The number of para-hydroxylation sites is 1. The van der Waals surface area contributed by atoms with E-state index in [1.807, 2.05) is 42.5 Å². The van der Waals surface area contributed by atoms with E-state index in [-0.39, 0.29) is 0 Å². The molecule has 3 heterocycles. The first-order valence-electron chi connectivity index (χ1n) is 9.40. The maximum Gasteiger partial charge on any atom is 0.245 e. The van der Waals surface area contributed by atoms with Crippen LogP contribution in [-0.4, -0.2) is 24.5 Å². The Balaban J connectivity index is 1.68. The lowest BCUT2D eigenvalue weighted by molar-refractivity contribution is 0.297. The summed E-state index contributed by atoms with van der Waals surface area (Å²) in [5.41, 5.74) is 3.43. The molecular formula is C21H22N6O. The molecule has 0 aliphatic carbocycles. The molecule has 0 saturated heterocycles. The van der Waals surface area contributed by atoms with Crippen molar-refractivity contribution in [3.8, 4) is 5.88 Å². The zero-order valence-electron chi connectivity index (χ0n) is 15.7. The third-order valence-electron chi connectivity index (χ3n) is 4.39. The van der Waals surface area contributed by atoms with Crippen LogP contribution in [0.25, 0.3) is 11.2 Å². The van der Waals surface area contributed by atoms with Crippen molar-refractivity contribution in [1.82, 2.24) is 24.5 Å². The monoisotopic (exact) mass is 374 g/mol. The minimum atomic E-state index is 0.401. The van der Waals surface area contributed by atoms with Crippen LogP contribution in [0.3, 0.4) is 0 Å². The molecule has 4 rings (SSSR count). The summed E-state index contributed by atoms with van der Waals surface area (Å²) in [6, 6.07) is 13.8. The van der Waals surface area contributed by atoms with Gasteiger partial charge in [0.25, 0.3) is 0 Å². The van der Waals surface area contributed by atoms with Gasteiger partial charge in [-0.05, 0) is 36.2 Å². The highest BCUT2D eigenvalue weighted by molar-refractivity contribution is 5.80. The molecule has 28 heavy (non-hydrogen) atoms. The molecule has 4 aromatic rings. The second-order valence-electron chi connectivity index (χ2n) is 6.43. The van der Waals surface area contributed by atoms with E-state index in [1.165, 1.54) is 6.33 Å². The molecule has 0 fully saturated rings. The number of imidazole rings is 1. The van der Waals surface area contributed by atoms with Crippen molar-refractivity contribution < 1.29 is 4.74 Å². The van der Waals surface area contributed by atoms with Crippen LogP contribution < -0.4 is 10.1 Å². The fraction of sp³-hybridized carbons (Fsp3) is 0.238. The SMILES string of the molecule is CCCCn1c(Nc2ccccc2)nc2c(OCc3ccncc3)ncnc21. The lowest BCUT2D eigenvalue weighted by atomic mass is 10.3. The topological polar surface area (TPSA) is 77.8 Å². The maximum atomic E-state index is 5.95. The smallest absolute Gasteiger partial charge is 0.245 e. The molecule has 0 atom stereocenters. The first kappa shape index (κ1) is 17.9. The third kappa shape index (κ3) is 3.93. The molecular weight excluding hydrogens is 352 g/mol. The summed E-state index contributed by atoms with van der Waals surface area (Å²) in [6.45, 7) is 3.39. The number of rotatable bonds is 8. The highest BCUT2D eigenvalue weighted by Crippen LogP contribution is 2.27. The highest BCUT2D eigenvalue weighted by Gasteiger charge is 2.17. The number of nitrogens with zero attached hydrogens (tertiary/aromatic N) is 5. The van der Waals surface area contributed by atoms with Crippen molar-refractivity contribution in [2.24, 2.45) is 0 Å². The van der Waals surface area contributed by atoms with Crippen molar-refractivity contribution in [2.45, 2.75) is 32.9 Å². The Labute approximate surface area is 163 Å². The predicted octanol–water partition coefficient (Wildman–Crippen LogP) is 4.34. The fourth-order valence-corrected chi connectivity index (χ4v) is 2.93. The van der Waals surface area contributed by atoms with Gasteiger partial charge in [0.15, 0.2) is 11.2 Å². The Kier molecular flexibility index (Phi) is 5.42. The van der Waals surface area contributed by atoms with Gasteiger partial charge in [0, 0.05) is 24.6 Å². The zero-order valence-corrected chi connectivity index (χ0v) is 15.7. The molecule has 0 bridgehead atoms. The average Bonchev–Trinajstić information content (AvgIpc) is 3.09. The van der Waals surface area contributed by atoms with E-state index in [0.29, 0.717) is 18.0 Å². The Morgan fingerprint density at radius 1 is 1.04 bits per heavy atom. The average molecular weight is 374 g/mol. The lowest BCUT2D eigenvalue weighted by Crippen LogP contribution is -2.05. The van der Waals surface area contributed by atoms with Crippen molar-refractivity contribution in [1.29, 1.82) is 0 Å². The summed E-state index contributed by atoms with van der Waals surface area (Å²) in [6.07, 6.45) is 7.14. The Morgan fingerprint density at radius 3 is 2.64 bits per heavy atom. The van der Waals surface area contributed by atoms with E-state index in [2.05, 4.69) is 31.8 Å². The van der Waals surface area contributed by atoms with Gasteiger partial charge in [-0.2, -0.15) is 4.98 Å².